The largest absolute Gasteiger partial charge is 0.472 e. The van der Waals surface area contributed by atoms with Crippen LogP contribution in [-0.2, 0) is 27.9 Å². The Morgan fingerprint density at radius 3 is 1.27 bits per heavy atom. The average Bonchev–Trinajstić information content (AvgIpc) is 3.26. The summed E-state index contributed by atoms with van der Waals surface area (Å²) in [7, 11) is -4.30. The lowest BCUT2D eigenvalue weighted by Gasteiger charge is -2.20. The summed E-state index contributed by atoms with van der Waals surface area (Å²) in [4.78, 5) is 22.6. The molecule has 0 aromatic heterocycles. The monoisotopic (exact) mass is 882 g/mol. The van der Waals surface area contributed by atoms with Crippen molar-refractivity contribution < 1.29 is 32.8 Å². The molecule has 0 fully saturated rings. The van der Waals surface area contributed by atoms with E-state index < -0.39 is 13.9 Å². The van der Waals surface area contributed by atoms with Gasteiger partial charge < -0.3 is 20.1 Å². The van der Waals surface area contributed by atoms with E-state index in [4.69, 9.17) is 24.3 Å². The maximum Gasteiger partial charge on any atom is 0.472 e. The van der Waals surface area contributed by atoms with Gasteiger partial charge in [-0.15, -0.1) is 0 Å². The number of carbonyl (C=O) groups is 1. The third kappa shape index (κ3) is 47.9. The fraction of sp³-hybridized carbons (Fsp3) is 0.604. The van der Waals surface area contributed by atoms with E-state index in [1.807, 2.05) is 0 Å². The van der Waals surface area contributed by atoms with Crippen LogP contribution in [-0.4, -0.2) is 49.9 Å². The fourth-order valence-electron chi connectivity index (χ4n) is 5.93. The van der Waals surface area contributed by atoms with Crippen LogP contribution in [0.3, 0.4) is 0 Å². The van der Waals surface area contributed by atoms with Gasteiger partial charge in [0.25, 0.3) is 0 Å². The summed E-state index contributed by atoms with van der Waals surface area (Å²) in [6, 6.07) is 0. The molecule has 8 nitrogen and oxygen atoms in total. The van der Waals surface area contributed by atoms with Gasteiger partial charge in [-0.25, -0.2) is 4.57 Å². The molecule has 0 amide bonds. The molecule has 0 heterocycles. The molecule has 62 heavy (non-hydrogen) atoms. The molecule has 0 spiro atoms. The second-order valence-electron chi connectivity index (χ2n) is 15.2. The second-order valence-corrected chi connectivity index (χ2v) is 16.7. The Labute approximate surface area is 379 Å². The van der Waals surface area contributed by atoms with E-state index in [0.29, 0.717) is 6.61 Å². The number of phosphoric ester groups is 1. The van der Waals surface area contributed by atoms with Gasteiger partial charge in [0.2, 0.25) is 0 Å². The molecule has 0 rings (SSSR count). The highest BCUT2D eigenvalue weighted by Gasteiger charge is 2.25. The van der Waals surface area contributed by atoms with Crippen LogP contribution in [0.2, 0.25) is 0 Å². The summed E-state index contributed by atoms with van der Waals surface area (Å²) >= 11 is 0. The Balaban J connectivity index is 4.11. The van der Waals surface area contributed by atoms with Gasteiger partial charge in [0.1, 0.15) is 6.10 Å². The van der Waals surface area contributed by atoms with Crippen molar-refractivity contribution in [3.8, 4) is 0 Å². The number of hydrogen-bond donors (Lipinski definition) is 2. The molecule has 2 unspecified atom stereocenters. The molecule has 352 valence electrons. The van der Waals surface area contributed by atoms with E-state index in [2.05, 4.69) is 135 Å². The standard InChI is InChI=1S/C53H88NO7P/c1-3-5-7-9-11-13-15-17-19-21-23-25-26-27-28-30-32-34-36-38-40-42-44-46-53(55)61-52(51-60-62(56,57)59-49-47-54)50-58-48-45-43-41-39-37-35-33-31-29-24-22-20-18-16-14-12-10-8-6-4-2/h5-8,11-14,17-20,23-25,27-29,32,34,52H,3-4,9-10,15-16,21-22,26,30-31,33,35-51,54H2,1-2H3,(H,56,57)/b7-5-,8-6-,13-11-,14-12-,19-17-,20-18-,25-23-,28-27-,29-24-,34-32-. The molecular weight excluding hydrogens is 794 g/mol. The first-order valence-corrected chi connectivity index (χ1v) is 25.5. The van der Waals surface area contributed by atoms with Crippen LogP contribution in [0.5, 0.6) is 0 Å². The SMILES string of the molecule is CC/C=C\C/C=C\C/C=C\C/C=C\C/C=C\C/C=C\CCCCCCC(=O)OC(COCCCCCCCCC/C=C\C/C=C\C/C=C\C/C=C\CC)COP(=O)(O)OCCN. The molecule has 0 aliphatic heterocycles. The fourth-order valence-corrected chi connectivity index (χ4v) is 6.70. The molecule has 0 bridgehead atoms. The lowest BCUT2D eigenvalue weighted by molar-refractivity contribution is -0.154. The maximum atomic E-state index is 12.6. The lowest BCUT2D eigenvalue weighted by atomic mass is 10.1. The first-order valence-electron chi connectivity index (χ1n) is 24.0. The number of allylic oxidation sites excluding steroid dienone is 20. The quantitative estimate of drug-likeness (QED) is 0.0269. The van der Waals surface area contributed by atoms with Crippen molar-refractivity contribution in [3.05, 3.63) is 122 Å². The van der Waals surface area contributed by atoms with Gasteiger partial charge in [-0.2, -0.15) is 0 Å². The first-order chi connectivity index (χ1) is 30.4. The number of esters is 1. The van der Waals surface area contributed by atoms with Gasteiger partial charge in [0.05, 0.1) is 19.8 Å². The van der Waals surface area contributed by atoms with Crippen molar-refractivity contribution in [3.63, 3.8) is 0 Å². The van der Waals surface area contributed by atoms with Crippen molar-refractivity contribution in [2.45, 2.75) is 174 Å². The topological polar surface area (TPSA) is 117 Å². The molecular formula is C53H88NO7P. The summed E-state index contributed by atoms with van der Waals surface area (Å²) < 4.78 is 33.5. The molecule has 0 aromatic carbocycles. The van der Waals surface area contributed by atoms with Gasteiger partial charge in [-0.1, -0.05) is 180 Å². The zero-order valence-electron chi connectivity index (χ0n) is 39.1. The number of hydrogen-bond acceptors (Lipinski definition) is 7. The van der Waals surface area contributed by atoms with Crippen molar-refractivity contribution in [1.29, 1.82) is 0 Å². The molecule has 2 atom stereocenters. The molecule has 0 aliphatic carbocycles. The third-order valence-corrected chi connectivity index (χ3v) is 10.4. The third-order valence-electron chi connectivity index (χ3n) is 9.37. The minimum Gasteiger partial charge on any atom is -0.457 e. The van der Waals surface area contributed by atoms with Crippen LogP contribution in [0.25, 0.3) is 0 Å². The zero-order chi connectivity index (χ0) is 45.1. The summed E-state index contributed by atoms with van der Waals surface area (Å²) in [6.07, 6.45) is 67.9. The van der Waals surface area contributed by atoms with Gasteiger partial charge >= 0.3 is 13.8 Å². The van der Waals surface area contributed by atoms with Crippen molar-refractivity contribution in [2.24, 2.45) is 5.73 Å². The summed E-state index contributed by atoms with van der Waals surface area (Å²) in [5.41, 5.74) is 5.38. The number of unbranched alkanes of at least 4 members (excludes halogenated alkanes) is 11. The normalized spacial score (nSPS) is 14.5. The number of phosphoric acid groups is 1. The predicted octanol–water partition coefficient (Wildman–Crippen LogP) is 15.0. The van der Waals surface area contributed by atoms with Crippen LogP contribution < -0.4 is 5.73 Å². The number of nitrogens with two attached hydrogens (primary N) is 1. The van der Waals surface area contributed by atoms with Gasteiger partial charge in [-0.3, -0.25) is 13.8 Å². The Bertz CT molecular complexity index is 1360. The highest BCUT2D eigenvalue weighted by Crippen LogP contribution is 2.43. The molecule has 0 saturated heterocycles. The summed E-state index contributed by atoms with van der Waals surface area (Å²) in [6.45, 7) is 4.60. The highest BCUT2D eigenvalue weighted by atomic mass is 31.2. The molecule has 0 saturated carbocycles. The Morgan fingerprint density at radius 2 is 0.855 bits per heavy atom. The van der Waals surface area contributed by atoms with Gasteiger partial charge in [0.15, 0.2) is 0 Å². The molecule has 9 heteroatoms. The van der Waals surface area contributed by atoms with Gasteiger partial charge in [0, 0.05) is 19.6 Å². The van der Waals surface area contributed by atoms with E-state index in [-0.39, 0.29) is 38.8 Å². The molecule has 0 aromatic rings. The van der Waals surface area contributed by atoms with Crippen LogP contribution in [0.4, 0.5) is 0 Å². The Morgan fingerprint density at radius 1 is 0.484 bits per heavy atom. The van der Waals surface area contributed by atoms with Crippen molar-refractivity contribution >= 4 is 13.8 Å². The summed E-state index contributed by atoms with van der Waals surface area (Å²) in [5, 5.41) is 0. The summed E-state index contributed by atoms with van der Waals surface area (Å²) in [5.74, 6) is -0.364. The zero-order valence-corrected chi connectivity index (χ0v) is 39.9. The van der Waals surface area contributed by atoms with Crippen LogP contribution >= 0.6 is 7.82 Å². The van der Waals surface area contributed by atoms with E-state index in [0.717, 1.165) is 122 Å². The molecule has 3 N–H and O–H groups in total. The van der Waals surface area contributed by atoms with Crippen LogP contribution in [0, 0.1) is 0 Å². The van der Waals surface area contributed by atoms with E-state index >= 15 is 0 Å². The molecule has 0 radical (unpaired) electrons. The number of rotatable bonds is 44. The van der Waals surface area contributed by atoms with Crippen LogP contribution in [0.15, 0.2) is 122 Å². The maximum absolute atomic E-state index is 12.6. The van der Waals surface area contributed by atoms with Crippen molar-refractivity contribution in [2.75, 3.05) is 33.0 Å². The lowest BCUT2D eigenvalue weighted by Crippen LogP contribution is -2.28. The van der Waals surface area contributed by atoms with E-state index in [1.54, 1.807) is 0 Å². The smallest absolute Gasteiger partial charge is 0.457 e. The minimum absolute atomic E-state index is 0.0862. The highest BCUT2D eigenvalue weighted by molar-refractivity contribution is 7.47. The number of carbonyl (C=O) groups excluding carboxylic acids is 1. The van der Waals surface area contributed by atoms with Gasteiger partial charge in [-0.05, 0) is 103 Å². The average molecular weight is 882 g/mol. The first kappa shape index (κ1) is 58.9. The van der Waals surface area contributed by atoms with Crippen LogP contribution in [0.1, 0.15) is 168 Å². The molecule has 0 aliphatic rings. The minimum atomic E-state index is -4.30. The van der Waals surface area contributed by atoms with E-state index in [1.165, 1.54) is 25.7 Å². The predicted molar refractivity (Wildman–Crippen MR) is 265 cm³/mol. The number of ether oxygens (including phenoxy) is 2. The Kier molecular flexibility index (Phi) is 46.5. The van der Waals surface area contributed by atoms with E-state index in [9.17, 15) is 14.3 Å². The Hall–Kier alpha value is -3.10. The van der Waals surface area contributed by atoms with Crippen molar-refractivity contribution in [1.82, 2.24) is 0 Å². The second kappa shape index (κ2) is 48.9.